The zero-order valence-corrected chi connectivity index (χ0v) is 14.7. The van der Waals surface area contributed by atoms with E-state index in [0.717, 1.165) is 10.5 Å². The molecular formula is C16H34S2. The smallest absolute Gasteiger partial charge is 0.00500 e. The average molecular weight is 291 g/mol. The monoisotopic (exact) mass is 290 g/mol. The van der Waals surface area contributed by atoms with E-state index in [1.54, 1.807) is 0 Å². The van der Waals surface area contributed by atoms with Crippen molar-refractivity contribution >= 4 is 23.5 Å². The Morgan fingerprint density at radius 2 is 1.44 bits per heavy atom. The predicted octanol–water partition coefficient (Wildman–Crippen LogP) is 6.39. The standard InChI is InChI=1S/C16H34S2/c1-5-8-11-16(18-15(4)7-3)12-10-14-17-13-9-6-2/h15-16H,5-14H2,1-4H3. The molecule has 0 bridgehead atoms. The fraction of sp³-hybridized carbons (Fsp3) is 1.00. The van der Waals surface area contributed by atoms with E-state index in [9.17, 15) is 0 Å². The van der Waals surface area contributed by atoms with Crippen LogP contribution >= 0.6 is 23.5 Å². The van der Waals surface area contributed by atoms with E-state index in [1.165, 1.54) is 62.9 Å². The number of rotatable bonds is 13. The predicted molar refractivity (Wildman–Crippen MR) is 92.1 cm³/mol. The lowest BCUT2D eigenvalue weighted by Crippen LogP contribution is -2.09. The molecule has 0 radical (unpaired) electrons. The normalized spacial score (nSPS) is 14.7. The van der Waals surface area contributed by atoms with Crippen molar-refractivity contribution in [1.29, 1.82) is 0 Å². The Morgan fingerprint density at radius 1 is 0.833 bits per heavy atom. The van der Waals surface area contributed by atoms with Gasteiger partial charge in [-0.25, -0.2) is 0 Å². The maximum atomic E-state index is 2.39. The van der Waals surface area contributed by atoms with Crippen LogP contribution < -0.4 is 0 Å². The molecule has 0 saturated heterocycles. The van der Waals surface area contributed by atoms with Gasteiger partial charge in [0.2, 0.25) is 0 Å². The Labute approximate surface area is 124 Å². The van der Waals surface area contributed by atoms with Crippen molar-refractivity contribution < 1.29 is 0 Å². The molecule has 0 aliphatic heterocycles. The van der Waals surface area contributed by atoms with Gasteiger partial charge >= 0.3 is 0 Å². The fourth-order valence-corrected chi connectivity index (χ4v) is 4.42. The van der Waals surface area contributed by atoms with E-state index in [2.05, 4.69) is 51.2 Å². The first-order chi connectivity index (χ1) is 8.74. The highest BCUT2D eigenvalue weighted by atomic mass is 32.2. The second kappa shape index (κ2) is 14.1. The maximum absolute atomic E-state index is 2.39. The molecule has 0 aromatic heterocycles. The summed E-state index contributed by atoms with van der Waals surface area (Å²) >= 11 is 4.40. The summed E-state index contributed by atoms with van der Waals surface area (Å²) in [6.07, 6.45) is 11.1. The van der Waals surface area contributed by atoms with Gasteiger partial charge in [-0.15, -0.1) is 0 Å². The molecule has 0 nitrogen and oxygen atoms in total. The van der Waals surface area contributed by atoms with Crippen LogP contribution in [-0.2, 0) is 0 Å². The van der Waals surface area contributed by atoms with Gasteiger partial charge in [0.15, 0.2) is 0 Å². The Balaban J connectivity index is 3.65. The lowest BCUT2D eigenvalue weighted by molar-refractivity contribution is 0.638. The van der Waals surface area contributed by atoms with Gasteiger partial charge in [0.05, 0.1) is 0 Å². The van der Waals surface area contributed by atoms with Crippen LogP contribution in [0.4, 0.5) is 0 Å². The van der Waals surface area contributed by atoms with Gasteiger partial charge in [0.25, 0.3) is 0 Å². The highest BCUT2D eigenvalue weighted by molar-refractivity contribution is 8.00. The Morgan fingerprint density at radius 3 is 2.06 bits per heavy atom. The van der Waals surface area contributed by atoms with E-state index >= 15 is 0 Å². The zero-order valence-electron chi connectivity index (χ0n) is 13.0. The zero-order chi connectivity index (χ0) is 13.6. The third kappa shape index (κ3) is 11.8. The molecule has 0 rings (SSSR count). The first-order valence-corrected chi connectivity index (χ1v) is 10.1. The SMILES string of the molecule is CCCCSCCCC(CCCC)SC(C)CC. The highest BCUT2D eigenvalue weighted by Gasteiger charge is 2.12. The molecule has 2 atom stereocenters. The molecule has 0 aliphatic carbocycles. The lowest BCUT2D eigenvalue weighted by atomic mass is 10.1. The Bertz CT molecular complexity index is 159. The molecule has 18 heavy (non-hydrogen) atoms. The third-order valence-electron chi connectivity index (χ3n) is 3.34. The fourth-order valence-electron chi connectivity index (χ4n) is 1.90. The van der Waals surface area contributed by atoms with E-state index in [-0.39, 0.29) is 0 Å². The van der Waals surface area contributed by atoms with Crippen LogP contribution in [0.3, 0.4) is 0 Å². The van der Waals surface area contributed by atoms with E-state index in [1.807, 2.05) is 0 Å². The topological polar surface area (TPSA) is 0 Å². The molecule has 0 aromatic carbocycles. The van der Waals surface area contributed by atoms with Crippen LogP contribution in [0.1, 0.15) is 79.1 Å². The van der Waals surface area contributed by atoms with Crippen molar-refractivity contribution in [1.82, 2.24) is 0 Å². The van der Waals surface area contributed by atoms with Gasteiger partial charge in [-0.3, -0.25) is 0 Å². The first-order valence-electron chi connectivity index (χ1n) is 7.97. The van der Waals surface area contributed by atoms with E-state index in [0.29, 0.717) is 0 Å². The lowest BCUT2D eigenvalue weighted by Gasteiger charge is -2.20. The quantitative estimate of drug-likeness (QED) is 0.360. The molecule has 0 spiro atoms. The maximum Gasteiger partial charge on any atom is 0.00500 e. The van der Waals surface area contributed by atoms with Crippen molar-refractivity contribution in [3.63, 3.8) is 0 Å². The largest absolute Gasteiger partial charge is 0.162 e. The number of hydrogen-bond donors (Lipinski definition) is 0. The van der Waals surface area contributed by atoms with Crippen LogP contribution in [0.2, 0.25) is 0 Å². The average Bonchev–Trinajstić information content (AvgIpc) is 2.39. The number of thioether (sulfide) groups is 2. The summed E-state index contributed by atoms with van der Waals surface area (Å²) < 4.78 is 0. The molecule has 2 unspecified atom stereocenters. The number of unbranched alkanes of at least 4 members (excludes halogenated alkanes) is 2. The van der Waals surface area contributed by atoms with Crippen molar-refractivity contribution in [2.75, 3.05) is 11.5 Å². The van der Waals surface area contributed by atoms with Crippen molar-refractivity contribution in [2.45, 2.75) is 89.6 Å². The molecule has 0 heterocycles. The highest BCUT2D eigenvalue weighted by Crippen LogP contribution is 2.28. The van der Waals surface area contributed by atoms with Gasteiger partial charge in [-0.2, -0.15) is 23.5 Å². The Kier molecular flexibility index (Phi) is 14.7. The van der Waals surface area contributed by atoms with Crippen LogP contribution in [-0.4, -0.2) is 22.0 Å². The molecule has 0 N–H and O–H groups in total. The molecule has 0 aromatic rings. The van der Waals surface area contributed by atoms with Crippen LogP contribution in [0.25, 0.3) is 0 Å². The van der Waals surface area contributed by atoms with Crippen molar-refractivity contribution in [3.8, 4) is 0 Å². The molecule has 2 heteroatoms. The van der Waals surface area contributed by atoms with Crippen molar-refractivity contribution in [2.24, 2.45) is 0 Å². The van der Waals surface area contributed by atoms with Gasteiger partial charge in [0, 0.05) is 10.5 Å². The van der Waals surface area contributed by atoms with Crippen LogP contribution in [0, 0.1) is 0 Å². The summed E-state index contributed by atoms with van der Waals surface area (Å²) in [5.41, 5.74) is 0. The number of hydrogen-bond acceptors (Lipinski definition) is 2. The summed E-state index contributed by atoms with van der Waals surface area (Å²) in [6.45, 7) is 9.30. The second-order valence-corrected chi connectivity index (χ2v) is 8.20. The van der Waals surface area contributed by atoms with Gasteiger partial charge in [-0.05, 0) is 43.6 Å². The van der Waals surface area contributed by atoms with E-state index < -0.39 is 0 Å². The molecule has 0 amide bonds. The summed E-state index contributed by atoms with van der Waals surface area (Å²) in [6, 6.07) is 0. The third-order valence-corrected chi connectivity index (χ3v) is 6.15. The molecule has 0 fully saturated rings. The van der Waals surface area contributed by atoms with Crippen LogP contribution in [0.15, 0.2) is 0 Å². The summed E-state index contributed by atoms with van der Waals surface area (Å²) in [4.78, 5) is 0. The minimum atomic E-state index is 0.847. The van der Waals surface area contributed by atoms with E-state index in [4.69, 9.17) is 0 Å². The molecule has 110 valence electrons. The molecular weight excluding hydrogens is 256 g/mol. The Hall–Kier alpha value is 0.700. The minimum absolute atomic E-state index is 0.847. The van der Waals surface area contributed by atoms with Crippen LogP contribution in [0.5, 0.6) is 0 Å². The minimum Gasteiger partial charge on any atom is -0.162 e. The first kappa shape index (κ1) is 18.7. The summed E-state index contributed by atoms with van der Waals surface area (Å²) in [5.74, 6) is 2.75. The van der Waals surface area contributed by atoms with Crippen molar-refractivity contribution in [3.05, 3.63) is 0 Å². The molecule has 0 aliphatic rings. The molecule has 0 saturated carbocycles. The van der Waals surface area contributed by atoms with Gasteiger partial charge in [-0.1, -0.05) is 47.0 Å². The second-order valence-electron chi connectivity index (χ2n) is 5.23. The van der Waals surface area contributed by atoms with Gasteiger partial charge < -0.3 is 0 Å². The summed E-state index contributed by atoms with van der Waals surface area (Å²) in [5, 5.41) is 1.77. The summed E-state index contributed by atoms with van der Waals surface area (Å²) in [7, 11) is 0. The van der Waals surface area contributed by atoms with Gasteiger partial charge in [0.1, 0.15) is 0 Å².